The molecule has 1 unspecified atom stereocenters. The van der Waals surface area contributed by atoms with Gasteiger partial charge in [0.15, 0.2) is 17.6 Å². The number of azo groups is 2. The lowest BCUT2D eigenvalue weighted by Crippen LogP contribution is -2.49. The van der Waals surface area contributed by atoms with E-state index in [9.17, 15) is 10.1 Å². The van der Waals surface area contributed by atoms with Gasteiger partial charge in [-0.3, -0.25) is 9.69 Å². The third kappa shape index (κ3) is 3.15. The van der Waals surface area contributed by atoms with E-state index in [1.54, 1.807) is 4.70 Å². The number of amidine groups is 1. The van der Waals surface area contributed by atoms with E-state index in [1.807, 2.05) is 57.7 Å². The molecule has 172 valence electrons. The summed E-state index contributed by atoms with van der Waals surface area (Å²) in [6.45, 7) is 9.60. The Hall–Kier alpha value is -4.13. The summed E-state index contributed by atoms with van der Waals surface area (Å²) in [7, 11) is 0. The number of aliphatic imine (C=N–C) groups is 1. The fourth-order valence-electron chi connectivity index (χ4n) is 4.48. The molecule has 10 nitrogen and oxygen atoms in total. The minimum atomic E-state index is -0.914. The topological polar surface area (TPSA) is 133 Å². The molecule has 10 heteroatoms. The molecule has 0 spiro atoms. The molecule has 0 radical (unpaired) electrons. The Balaban J connectivity index is 1.80. The molecule has 0 saturated heterocycles. The number of benzene rings is 1. The SMILES string of the molecule is Cc1ccc2c(c1)[C@@H](C)Oc1nc(cnc1N)C1=C(C#N)C(C)N=[N+]1CN1C2=NC(=O)C1(C)C. The van der Waals surface area contributed by atoms with Crippen LogP contribution in [0.5, 0.6) is 5.88 Å². The number of rotatable bonds is 0. The first kappa shape index (κ1) is 21.7. The van der Waals surface area contributed by atoms with Gasteiger partial charge in [-0.25, -0.2) is 9.97 Å². The average molecular weight is 458 g/mol. The van der Waals surface area contributed by atoms with Gasteiger partial charge in [0.05, 0.1) is 6.20 Å². The van der Waals surface area contributed by atoms with Crippen molar-refractivity contribution in [1.29, 1.82) is 5.26 Å². The number of nitrogen functional groups attached to an aromatic ring is 1. The Morgan fingerprint density at radius 1 is 1.32 bits per heavy atom. The number of carbonyl (C=O) groups excluding carboxylic acids is 1. The first-order valence-corrected chi connectivity index (χ1v) is 11.1. The molecule has 0 saturated carbocycles. The maximum Gasteiger partial charge on any atom is 0.276 e. The molecular weight excluding hydrogens is 432 g/mol. The van der Waals surface area contributed by atoms with Gasteiger partial charge in [0.25, 0.3) is 24.2 Å². The zero-order valence-electron chi connectivity index (χ0n) is 19.7. The maximum absolute atomic E-state index is 13.0. The lowest BCUT2D eigenvalue weighted by atomic mass is 9.97. The second-order valence-corrected chi connectivity index (χ2v) is 9.23. The van der Waals surface area contributed by atoms with Crippen molar-refractivity contribution in [3.05, 3.63) is 52.4 Å². The molecule has 0 fully saturated rings. The monoisotopic (exact) mass is 457 g/mol. The number of carbonyl (C=O) groups is 1. The van der Waals surface area contributed by atoms with E-state index in [1.165, 1.54) is 6.20 Å². The number of nitrogens with zero attached hydrogens (tertiary/aromatic N) is 7. The Kier molecular flexibility index (Phi) is 4.75. The lowest BCUT2D eigenvalue weighted by Gasteiger charge is -2.31. The lowest BCUT2D eigenvalue weighted by molar-refractivity contribution is -0.522. The van der Waals surface area contributed by atoms with Gasteiger partial charge in [-0.05, 0) is 39.7 Å². The number of aryl methyl sites for hydroxylation is 1. The van der Waals surface area contributed by atoms with Crippen LogP contribution in [0.25, 0.3) is 5.70 Å². The summed E-state index contributed by atoms with van der Waals surface area (Å²) < 4.78 is 7.90. The van der Waals surface area contributed by atoms with E-state index in [4.69, 9.17) is 15.6 Å². The molecule has 34 heavy (non-hydrogen) atoms. The second kappa shape index (κ2) is 7.45. The zero-order chi connectivity index (χ0) is 24.4. The molecule has 5 rings (SSSR count). The van der Waals surface area contributed by atoms with Crippen LogP contribution in [-0.4, -0.2) is 49.6 Å². The van der Waals surface area contributed by atoms with Gasteiger partial charge in [0, 0.05) is 11.1 Å². The molecule has 2 atom stereocenters. The van der Waals surface area contributed by atoms with Crippen LogP contribution in [0.2, 0.25) is 0 Å². The number of aromatic nitrogens is 2. The van der Waals surface area contributed by atoms with E-state index < -0.39 is 11.6 Å². The van der Waals surface area contributed by atoms with Crippen molar-refractivity contribution in [3.63, 3.8) is 0 Å². The number of anilines is 1. The van der Waals surface area contributed by atoms with Gasteiger partial charge >= 0.3 is 0 Å². The minimum Gasteiger partial charge on any atom is -0.467 e. The van der Waals surface area contributed by atoms with E-state index in [-0.39, 0.29) is 30.3 Å². The Morgan fingerprint density at radius 3 is 2.82 bits per heavy atom. The summed E-state index contributed by atoms with van der Waals surface area (Å²) in [5, 5.41) is 14.6. The smallest absolute Gasteiger partial charge is 0.276 e. The Morgan fingerprint density at radius 2 is 2.09 bits per heavy atom. The highest BCUT2D eigenvalue weighted by Gasteiger charge is 2.48. The number of ether oxygens (including phenoxy) is 1. The van der Waals surface area contributed by atoms with Crippen LogP contribution < -0.4 is 10.5 Å². The number of nitriles is 1. The highest BCUT2D eigenvalue weighted by atomic mass is 16.5. The van der Waals surface area contributed by atoms with Crippen molar-refractivity contribution in [1.82, 2.24) is 14.9 Å². The molecule has 4 heterocycles. The number of fused-ring (bicyclic) bond motifs is 7. The summed E-state index contributed by atoms with van der Waals surface area (Å²) in [5.74, 6) is 0.604. The van der Waals surface area contributed by atoms with Crippen molar-refractivity contribution in [2.45, 2.75) is 52.3 Å². The number of nitrogens with two attached hydrogens (primary N) is 1. The summed E-state index contributed by atoms with van der Waals surface area (Å²) in [6.07, 6.45) is 1.05. The maximum atomic E-state index is 13.0. The molecule has 2 bridgehead atoms. The molecule has 1 aromatic heterocycles. The Labute approximate surface area is 197 Å². The van der Waals surface area contributed by atoms with Crippen LogP contribution in [0, 0.1) is 18.3 Å². The van der Waals surface area contributed by atoms with Gasteiger partial charge in [0.1, 0.15) is 29.1 Å². The predicted octanol–water partition coefficient (Wildman–Crippen LogP) is 2.95. The first-order valence-electron chi connectivity index (χ1n) is 11.1. The first-order chi connectivity index (χ1) is 16.1. The van der Waals surface area contributed by atoms with Gasteiger partial charge < -0.3 is 10.5 Å². The molecule has 3 aliphatic rings. The normalized spacial score (nSPS) is 22.9. The van der Waals surface area contributed by atoms with Crippen LogP contribution in [0.15, 0.2) is 40.1 Å². The third-order valence-corrected chi connectivity index (χ3v) is 6.48. The zero-order valence-corrected chi connectivity index (χ0v) is 19.7. The van der Waals surface area contributed by atoms with Crippen molar-refractivity contribution < 1.29 is 14.2 Å². The molecule has 3 aliphatic heterocycles. The van der Waals surface area contributed by atoms with E-state index in [0.29, 0.717) is 22.8 Å². The molecule has 2 N–H and O–H groups in total. The van der Waals surface area contributed by atoms with Crippen LogP contribution in [0.1, 0.15) is 56.2 Å². The van der Waals surface area contributed by atoms with Crippen LogP contribution >= 0.6 is 0 Å². The van der Waals surface area contributed by atoms with Gasteiger partial charge in [-0.1, -0.05) is 28.5 Å². The fraction of sp³-hybridized carbons (Fsp3) is 0.375. The number of hydrogen-bond acceptors (Lipinski definition) is 8. The second-order valence-electron chi connectivity index (χ2n) is 9.23. The average Bonchev–Trinajstić information content (AvgIpc) is 3.22. The standard InChI is InChI=1S/C24H25N8O2/c1-12-6-7-15-16(8-12)14(3)34-22-20(26)27-10-18(28-22)19-17(9-25)13(2)30-32(19)11-31-21(15)29-23(33)24(31,4)5/h6-8,10,13-14H,11H2,1-5H3,(H2,26,27)/q+1/t13?,14-/m1/s1. The van der Waals surface area contributed by atoms with E-state index in [2.05, 4.69) is 21.0 Å². The van der Waals surface area contributed by atoms with Crippen molar-refractivity contribution >= 4 is 23.3 Å². The highest BCUT2D eigenvalue weighted by Crippen LogP contribution is 2.37. The van der Waals surface area contributed by atoms with Gasteiger partial charge in [-0.15, -0.1) is 0 Å². The van der Waals surface area contributed by atoms with Crippen LogP contribution in [-0.2, 0) is 4.79 Å². The third-order valence-electron chi connectivity index (χ3n) is 6.48. The number of amides is 1. The van der Waals surface area contributed by atoms with Crippen molar-refractivity contribution in [3.8, 4) is 11.9 Å². The van der Waals surface area contributed by atoms with Gasteiger partial charge in [-0.2, -0.15) is 10.3 Å². The minimum absolute atomic E-state index is 0.145. The molecule has 2 aromatic rings. The Bertz CT molecular complexity index is 1380. The molecular formula is C24H25N8O2+. The highest BCUT2D eigenvalue weighted by molar-refractivity contribution is 6.14. The molecule has 0 aliphatic carbocycles. The summed E-state index contributed by atoms with van der Waals surface area (Å²) in [6, 6.07) is 7.81. The quantitative estimate of drug-likeness (QED) is 0.601. The van der Waals surface area contributed by atoms with Crippen molar-refractivity contribution in [2.75, 3.05) is 12.4 Å². The molecule has 1 aromatic carbocycles. The summed E-state index contributed by atoms with van der Waals surface area (Å²) in [4.78, 5) is 28.3. The van der Waals surface area contributed by atoms with Crippen molar-refractivity contribution in [2.24, 2.45) is 10.1 Å². The van der Waals surface area contributed by atoms with Gasteiger partial charge in [0.2, 0.25) is 0 Å². The van der Waals surface area contributed by atoms with E-state index in [0.717, 1.165) is 16.7 Å². The predicted molar refractivity (Wildman–Crippen MR) is 124 cm³/mol. The summed E-state index contributed by atoms with van der Waals surface area (Å²) in [5.41, 5.74) is 9.24. The van der Waals surface area contributed by atoms with E-state index >= 15 is 0 Å². The van der Waals surface area contributed by atoms with Crippen LogP contribution in [0.4, 0.5) is 5.82 Å². The number of hydrogen-bond donors (Lipinski definition) is 1. The van der Waals surface area contributed by atoms with Crippen LogP contribution in [0.3, 0.4) is 0 Å². The fourth-order valence-corrected chi connectivity index (χ4v) is 4.48. The summed E-state index contributed by atoms with van der Waals surface area (Å²) >= 11 is 0. The molecule has 1 amide bonds. The largest absolute Gasteiger partial charge is 0.467 e.